The molecule has 1 heterocycles. The molecule has 1 aliphatic rings. The van der Waals surface area contributed by atoms with Gasteiger partial charge < -0.3 is 10.1 Å². The van der Waals surface area contributed by atoms with Gasteiger partial charge in [0.25, 0.3) is 0 Å². The Kier molecular flexibility index (Phi) is 5.67. The lowest BCUT2D eigenvalue weighted by Crippen LogP contribution is -2.40. The number of hydrogen-bond acceptors (Lipinski definition) is 3. The maximum absolute atomic E-state index is 5.31. The third-order valence-electron chi connectivity index (χ3n) is 4.00. The smallest absolute Gasteiger partial charge is 0.119 e. The predicted molar refractivity (Wildman–Crippen MR) is 79.6 cm³/mol. The van der Waals surface area contributed by atoms with Gasteiger partial charge in [0.05, 0.1) is 7.11 Å². The fourth-order valence-electron chi connectivity index (χ4n) is 2.91. The van der Waals surface area contributed by atoms with Gasteiger partial charge in [0.15, 0.2) is 0 Å². The van der Waals surface area contributed by atoms with E-state index in [1.165, 1.54) is 37.8 Å². The topological polar surface area (TPSA) is 24.5 Å². The monoisotopic (exact) mass is 262 g/mol. The van der Waals surface area contributed by atoms with Crippen molar-refractivity contribution < 1.29 is 4.74 Å². The zero-order valence-electron chi connectivity index (χ0n) is 12.2. The highest BCUT2D eigenvalue weighted by molar-refractivity contribution is 5.28. The number of hydrogen-bond donors (Lipinski definition) is 1. The summed E-state index contributed by atoms with van der Waals surface area (Å²) in [4.78, 5) is 2.63. The van der Waals surface area contributed by atoms with Crippen molar-refractivity contribution in [3.05, 3.63) is 29.8 Å². The second-order valence-corrected chi connectivity index (χ2v) is 5.36. The van der Waals surface area contributed by atoms with Crippen molar-refractivity contribution >= 4 is 0 Å². The molecule has 0 amide bonds. The third-order valence-corrected chi connectivity index (χ3v) is 4.00. The molecule has 0 spiro atoms. The van der Waals surface area contributed by atoms with Crippen LogP contribution in [0.2, 0.25) is 0 Å². The van der Waals surface area contributed by atoms with Crippen molar-refractivity contribution in [3.8, 4) is 5.75 Å². The zero-order chi connectivity index (χ0) is 13.5. The Morgan fingerprint density at radius 1 is 1.37 bits per heavy atom. The van der Waals surface area contributed by atoms with E-state index >= 15 is 0 Å². The number of piperidine rings is 1. The molecule has 1 N–H and O–H groups in total. The van der Waals surface area contributed by atoms with E-state index in [4.69, 9.17) is 4.74 Å². The van der Waals surface area contributed by atoms with E-state index in [1.807, 2.05) is 13.1 Å². The normalized spacial score (nSPS) is 20.4. The molecular formula is C16H26N2O. The first-order valence-electron chi connectivity index (χ1n) is 7.35. The average molecular weight is 262 g/mol. The number of ether oxygens (including phenoxy) is 1. The lowest BCUT2D eigenvalue weighted by Gasteiger charge is -2.36. The molecule has 1 aromatic rings. The number of rotatable bonds is 6. The summed E-state index contributed by atoms with van der Waals surface area (Å²) in [5.41, 5.74) is 1.36. The van der Waals surface area contributed by atoms with E-state index in [0.29, 0.717) is 0 Å². The van der Waals surface area contributed by atoms with Gasteiger partial charge in [-0.15, -0.1) is 0 Å². The molecule has 2 rings (SSSR count). The summed E-state index contributed by atoms with van der Waals surface area (Å²) in [6.45, 7) is 3.39. The van der Waals surface area contributed by atoms with Crippen LogP contribution < -0.4 is 10.1 Å². The lowest BCUT2D eigenvalue weighted by atomic mass is 9.98. The Labute approximate surface area is 116 Å². The molecule has 1 atom stereocenters. The molecule has 0 saturated carbocycles. The molecule has 0 radical (unpaired) electrons. The van der Waals surface area contributed by atoms with Crippen LogP contribution in [-0.4, -0.2) is 38.2 Å². The average Bonchev–Trinajstić information content (AvgIpc) is 2.46. The molecule has 3 heteroatoms. The standard InChI is InChI=1S/C16H26N2O/c1-17-10-9-15-7-3-4-11-18(15)13-14-6-5-8-16(12-14)19-2/h5-6,8,12,15,17H,3-4,7,9-11,13H2,1-2H3. The Morgan fingerprint density at radius 3 is 3.05 bits per heavy atom. The third kappa shape index (κ3) is 4.22. The first-order valence-corrected chi connectivity index (χ1v) is 7.35. The number of nitrogens with zero attached hydrogens (tertiary/aromatic N) is 1. The van der Waals surface area contributed by atoms with E-state index in [1.54, 1.807) is 7.11 Å². The Hall–Kier alpha value is -1.06. The summed E-state index contributed by atoms with van der Waals surface area (Å²) in [5.74, 6) is 0.960. The molecule has 1 aliphatic heterocycles. The molecule has 0 bridgehead atoms. The second-order valence-electron chi connectivity index (χ2n) is 5.36. The minimum absolute atomic E-state index is 0.729. The van der Waals surface area contributed by atoms with Gasteiger partial charge in [0.2, 0.25) is 0 Å². The number of benzene rings is 1. The molecule has 1 saturated heterocycles. The molecule has 19 heavy (non-hydrogen) atoms. The summed E-state index contributed by atoms with van der Waals surface area (Å²) >= 11 is 0. The molecule has 3 nitrogen and oxygen atoms in total. The van der Waals surface area contributed by atoms with Crippen LogP contribution in [0.4, 0.5) is 0 Å². The first-order chi connectivity index (χ1) is 9.33. The molecule has 106 valence electrons. The number of methoxy groups -OCH3 is 1. The van der Waals surface area contributed by atoms with Crippen LogP contribution in [0.1, 0.15) is 31.2 Å². The zero-order valence-corrected chi connectivity index (χ0v) is 12.2. The van der Waals surface area contributed by atoms with Crippen LogP contribution in [0.5, 0.6) is 5.75 Å². The van der Waals surface area contributed by atoms with E-state index in [9.17, 15) is 0 Å². The maximum Gasteiger partial charge on any atom is 0.119 e. The van der Waals surface area contributed by atoms with Crippen molar-refractivity contribution in [1.29, 1.82) is 0 Å². The first kappa shape index (κ1) is 14.4. The quantitative estimate of drug-likeness (QED) is 0.853. The van der Waals surface area contributed by atoms with Gasteiger partial charge in [0, 0.05) is 12.6 Å². The van der Waals surface area contributed by atoms with Crippen LogP contribution >= 0.6 is 0 Å². The highest BCUT2D eigenvalue weighted by Gasteiger charge is 2.21. The van der Waals surface area contributed by atoms with Crippen molar-refractivity contribution in [3.63, 3.8) is 0 Å². The Bertz CT molecular complexity index is 381. The fraction of sp³-hybridized carbons (Fsp3) is 0.625. The Balaban J connectivity index is 1.97. The van der Waals surface area contributed by atoms with Gasteiger partial charge in [-0.25, -0.2) is 0 Å². The van der Waals surface area contributed by atoms with Gasteiger partial charge in [-0.2, -0.15) is 0 Å². The molecule has 1 unspecified atom stereocenters. The number of likely N-dealkylation sites (tertiary alicyclic amines) is 1. The van der Waals surface area contributed by atoms with E-state index < -0.39 is 0 Å². The van der Waals surface area contributed by atoms with Crippen molar-refractivity contribution in [1.82, 2.24) is 10.2 Å². The molecule has 0 aliphatic carbocycles. The minimum Gasteiger partial charge on any atom is -0.497 e. The van der Waals surface area contributed by atoms with E-state index in [2.05, 4.69) is 28.4 Å². The highest BCUT2D eigenvalue weighted by Crippen LogP contribution is 2.23. The van der Waals surface area contributed by atoms with Gasteiger partial charge >= 0.3 is 0 Å². The highest BCUT2D eigenvalue weighted by atomic mass is 16.5. The fourth-order valence-corrected chi connectivity index (χ4v) is 2.91. The molecule has 1 aromatic carbocycles. The summed E-state index contributed by atoms with van der Waals surface area (Å²) < 4.78 is 5.31. The molecule has 1 fully saturated rings. The van der Waals surface area contributed by atoms with Gasteiger partial charge in [-0.1, -0.05) is 18.6 Å². The van der Waals surface area contributed by atoms with Gasteiger partial charge in [0.1, 0.15) is 5.75 Å². The Morgan fingerprint density at radius 2 is 2.26 bits per heavy atom. The second kappa shape index (κ2) is 7.51. The summed E-state index contributed by atoms with van der Waals surface area (Å²) in [6.07, 6.45) is 5.30. The van der Waals surface area contributed by atoms with Crippen LogP contribution in [0.15, 0.2) is 24.3 Å². The summed E-state index contributed by atoms with van der Waals surface area (Å²) in [7, 11) is 3.77. The van der Waals surface area contributed by atoms with Crippen LogP contribution in [-0.2, 0) is 6.54 Å². The van der Waals surface area contributed by atoms with E-state index in [-0.39, 0.29) is 0 Å². The number of nitrogens with one attached hydrogen (secondary N) is 1. The molecular weight excluding hydrogens is 236 g/mol. The molecule has 0 aromatic heterocycles. The van der Waals surface area contributed by atoms with E-state index in [0.717, 1.165) is 24.9 Å². The summed E-state index contributed by atoms with van der Waals surface area (Å²) in [5, 5.41) is 3.27. The predicted octanol–water partition coefficient (Wildman–Crippen LogP) is 2.66. The SMILES string of the molecule is CNCCC1CCCCN1Cc1cccc(OC)c1. The van der Waals surface area contributed by atoms with Crippen LogP contribution in [0.25, 0.3) is 0 Å². The van der Waals surface area contributed by atoms with Crippen LogP contribution in [0, 0.1) is 0 Å². The maximum atomic E-state index is 5.31. The largest absolute Gasteiger partial charge is 0.497 e. The van der Waals surface area contributed by atoms with Gasteiger partial charge in [-0.3, -0.25) is 4.90 Å². The minimum atomic E-state index is 0.729. The van der Waals surface area contributed by atoms with Crippen molar-refractivity contribution in [2.75, 3.05) is 27.2 Å². The van der Waals surface area contributed by atoms with Gasteiger partial charge in [-0.05, 0) is 57.1 Å². The summed E-state index contributed by atoms with van der Waals surface area (Å²) in [6, 6.07) is 9.18. The van der Waals surface area contributed by atoms with Crippen molar-refractivity contribution in [2.45, 2.75) is 38.3 Å². The lowest BCUT2D eigenvalue weighted by molar-refractivity contribution is 0.132. The van der Waals surface area contributed by atoms with Crippen LogP contribution in [0.3, 0.4) is 0 Å². The van der Waals surface area contributed by atoms with Crippen molar-refractivity contribution in [2.24, 2.45) is 0 Å².